The fraction of sp³-hybridized carbons (Fsp3) is 0.500. The van der Waals surface area contributed by atoms with E-state index in [1.165, 1.54) is 7.11 Å². The van der Waals surface area contributed by atoms with Gasteiger partial charge in [-0.1, -0.05) is 0 Å². The molecule has 22 heavy (non-hydrogen) atoms. The highest BCUT2D eigenvalue weighted by atomic mass is 79.9. The molecule has 0 spiro atoms. The molecule has 0 N–H and O–H groups in total. The van der Waals surface area contributed by atoms with Crippen LogP contribution in [0.2, 0.25) is 0 Å². The van der Waals surface area contributed by atoms with Gasteiger partial charge in [0.05, 0.1) is 30.3 Å². The predicted octanol–water partition coefficient (Wildman–Crippen LogP) is 3.55. The Bertz CT molecular complexity index is 690. The van der Waals surface area contributed by atoms with Crippen molar-refractivity contribution in [3.8, 4) is 5.75 Å². The molecule has 0 amide bonds. The molecule has 1 aliphatic carbocycles. The van der Waals surface area contributed by atoms with Gasteiger partial charge in [-0.3, -0.25) is 4.79 Å². The number of carbonyl (C=O) groups excluding carboxylic acids is 1. The Balaban J connectivity index is 1.79. The summed E-state index contributed by atoms with van der Waals surface area (Å²) in [6.45, 7) is 0. The Labute approximate surface area is 137 Å². The molecule has 0 radical (unpaired) electrons. The summed E-state index contributed by atoms with van der Waals surface area (Å²) < 4.78 is 13.1. The highest BCUT2D eigenvalue weighted by Gasteiger charge is 2.28. The summed E-state index contributed by atoms with van der Waals surface area (Å²) in [6.07, 6.45) is 7.73. The van der Waals surface area contributed by atoms with Crippen LogP contribution in [0, 0.1) is 5.92 Å². The maximum atomic E-state index is 11.6. The number of ether oxygens (including phenoxy) is 2. The van der Waals surface area contributed by atoms with E-state index in [4.69, 9.17) is 14.5 Å². The minimum Gasteiger partial charge on any atom is -0.495 e. The molecular formula is C16H19BrN2O3. The van der Waals surface area contributed by atoms with E-state index in [1.54, 1.807) is 7.11 Å². The number of esters is 1. The summed E-state index contributed by atoms with van der Waals surface area (Å²) in [5, 5.41) is 0. The van der Waals surface area contributed by atoms with Crippen molar-refractivity contribution in [1.82, 2.24) is 9.38 Å². The van der Waals surface area contributed by atoms with Crippen LogP contribution in [-0.2, 0) is 9.53 Å². The lowest BCUT2D eigenvalue weighted by Gasteiger charge is -2.25. The van der Waals surface area contributed by atoms with Gasteiger partial charge in [0, 0.05) is 24.4 Å². The van der Waals surface area contributed by atoms with Crippen molar-refractivity contribution in [3.63, 3.8) is 0 Å². The van der Waals surface area contributed by atoms with Gasteiger partial charge in [-0.05, 0) is 41.6 Å². The number of nitrogens with zero attached hydrogens (tertiary/aromatic N) is 2. The van der Waals surface area contributed by atoms with Crippen LogP contribution in [0.3, 0.4) is 0 Å². The standard InChI is InChI=1S/C16H19BrN2O3/c1-21-14-7-15-18-13(9-19(15)8-12(14)17)10-3-5-11(6-4-10)16(20)22-2/h7-11H,3-6H2,1-2H3/t10-,11-. The molecule has 0 saturated heterocycles. The SMILES string of the molecule is COc1cc2nc([C@H]3CC[C@H](C(=O)OC)CC3)cn2cc1Br. The van der Waals surface area contributed by atoms with Crippen LogP contribution in [0.25, 0.3) is 5.65 Å². The number of carbonyl (C=O) groups is 1. The molecule has 1 saturated carbocycles. The summed E-state index contributed by atoms with van der Waals surface area (Å²) in [7, 11) is 3.11. The van der Waals surface area contributed by atoms with Crippen LogP contribution in [0.4, 0.5) is 0 Å². The summed E-state index contributed by atoms with van der Waals surface area (Å²) >= 11 is 3.49. The van der Waals surface area contributed by atoms with E-state index in [9.17, 15) is 4.79 Å². The number of aromatic nitrogens is 2. The van der Waals surface area contributed by atoms with Gasteiger partial charge in [0.25, 0.3) is 0 Å². The number of rotatable bonds is 3. The number of halogens is 1. The average molecular weight is 367 g/mol. The molecule has 0 atom stereocenters. The molecule has 0 bridgehead atoms. The van der Waals surface area contributed by atoms with Crippen molar-refractivity contribution in [1.29, 1.82) is 0 Å². The minimum absolute atomic E-state index is 0.0486. The van der Waals surface area contributed by atoms with Crippen LogP contribution in [0.1, 0.15) is 37.3 Å². The van der Waals surface area contributed by atoms with E-state index in [-0.39, 0.29) is 11.9 Å². The number of methoxy groups -OCH3 is 2. The van der Waals surface area contributed by atoms with Gasteiger partial charge in [0.15, 0.2) is 0 Å². The van der Waals surface area contributed by atoms with Gasteiger partial charge in [-0.25, -0.2) is 4.98 Å². The monoisotopic (exact) mass is 366 g/mol. The van der Waals surface area contributed by atoms with Gasteiger partial charge >= 0.3 is 5.97 Å². The number of imidazole rings is 1. The minimum atomic E-state index is -0.0814. The first-order chi connectivity index (χ1) is 10.6. The van der Waals surface area contributed by atoms with E-state index in [1.807, 2.05) is 16.7 Å². The second kappa shape index (κ2) is 6.28. The Morgan fingerprint density at radius 3 is 2.64 bits per heavy atom. The lowest BCUT2D eigenvalue weighted by molar-refractivity contribution is -0.146. The lowest BCUT2D eigenvalue weighted by atomic mass is 9.81. The van der Waals surface area contributed by atoms with Gasteiger partial charge in [-0.15, -0.1) is 0 Å². The molecule has 0 aliphatic heterocycles. The number of pyridine rings is 1. The third kappa shape index (κ3) is 2.84. The van der Waals surface area contributed by atoms with Gasteiger partial charge < -0.3 is 13.9 Å². The van der Waals surface area contributed by atoms with Crippen LogP contribution < -0.4 is 4.74 Å². The van der Waals surface area contributed by atoms with E-state index >= 15 is 0 Å². The van der Waals surface area contributed by atoms with Gasteiger partial charge in [0.2, 0.25) is 0 Å². The van der Waals surface area contributed by atoms with Crippen LogP contribution in [0.15, 0.2) is 22.9 Å². The van der Waals surface area contributed by atoms with Crippen molar-refractivity contribution in [2.45, 2.75) is 31.6 Å². The van der Waals surface area contributed by atoms with Crippen molar-refractivity contribution >= 4 is 27.5 Å². The fourth-order valence-corrected chi connectivity index (χ4v) is 3.65. The fourth-order valence-electron chi connectivity index (χ4n) is 3.15. The number of hydrogen-bond acceptors (Lipinski definition) is 4. The lowest BCUT2D eigenvalue weighted by Crippen LogP contribution is -2.22. The molecule has 5 nitrogen and oxygen atoms in total. The molecule has 3 rings (SSSR count). The first kappa shape index (κ1) is 15.3. The summed E-state index contributed by atoms with van der Waals surface area (Å²) in [6, 6.07) is 1.92. The van der Waals surface area contributed by atoms with Gasteiger partial charge in [0.1, 0.15) is 11.4 Å². The average Bonchev–Trinajstić information content (AvgIpc) is 2.96. The second-order valence-corrected chi connectivity index (χ2v) is 6.55. The highest BCUT2D eigenvalue weighted by Crippen LogP contribution is 2.36. The molecule has 118 valence electrons. The zero-order valence-electron chi connectivity index (χ0n) is 12.7. The Morgan fingerprint density at radius 2 is 2.00 bits per heavy atom. The maximum absolute atomic E-state index is 11.6. The Morgan fingerprint density at radius 1 is 1.27 bits per heavy atom. The zero-order valence-corrected chi connectivity index (χ0v) is 14.3. The molecule has 0 aromatic carbocycles. The third-order valence-electron chi connectivity index (χ3n) is 4.43. The van der Waals surface area contributed by atoms with E-state index in [0.717, 1.165) is 47.2 Å². The quantitative estimate of drug-likeness (QED) is 0.779. The molecule has 2 aromatic heterocycles. The zero-order chi connectivity index (χ0) is 15.7. The maximum Gasteiger partial charge on any atom is 0.308 e. The summed E-state index contributed by atoms with van der Waals surface area (Å²) in [5.74, 6) is 1.15. The molecule has 1 aliphatic rings. The predicted molar refractivity (Wildman–Crippen MR) is 86.2 cm³/mol. The largest absolute Gasteiger partial charge is 0.495 e. The normalized spacial score (nSPS) is 21.8. The Hall–Kier alpha value is -1.56. The van der Waals surface area contributed by atoms with Crippen molar-refractivity contribution in [2.75, 3.05) is 14.2 Å². The van der Waals surface area contributed by atoms with E-state index in [0.29, 0.717) is 5.92 Å². The second-order valence-electron chi connectivity index (χ2n) is 5.69. The first-order valence-corrected chi connectivity index (χ1v) is 8.21. The third-order valence-corrected chi connectivity index (χ3v) is 5.02. The smallest absolute Gasteiger partial charge is 0.308 e. The molecule has 2 aromatic rings. The molecule has 0 unspecified atom stereocenters. The number of fused-ring (bicyclic) bond motifs is 1. The van der Waals surface area contributed by atoms with Crippen molar-refractivity contribution in [2.24, 2.45) is 5.92 Å². The van der Waals surface area contributed by atoms with Crippen LogP contribution >= 0.6 is 15.9 Å². The molecule has 1 fully saturated rings. The van der Waals surface area contributed by atoms with Crippen LogP contribution in [-0.4, -0.2) is 29.6 Å². The summed E-state index contributed by atoms with van der Waals surface area (Å²) in [4.78, 5) is 16.3. The topological polar surface area (TPSA) is 52.8 Å². The van der Waals surface area contributed by atoms with E-state index in [2.05, 4.69) is 22.1 Å². The highest BCUT2D eigenvalue weighted by molar-refractivity contribution is 9.10. The van der Waals surface area contributed by atoms with E-state index < -0.39 is 0 Å². The Kier molecular flexibility index (Phi) is 4.38. The molecule has 6 heteroatoms. The molecule has 2 heterocycles. The first-order valence-electron chi connectivity index (χ1n) is 7.42. The summed E-state index contributed by atoms with van der Waals surface area (Å²) in [5.41, 5.74) is 1.97. The van der Waals surface area contributed by atoms with Crippen molar-refractivity contribution in [3.05, 3.63) is 28.6 Å². The van der Waals surface area contributed by atoms with Crippen LogP contribution in [0.5, 0.6) is 5.75 Å². The number of hydrogen-bond donors (Lipinski definition) is 0. The van der Waals surface area contributed by atoms with Gasteiger partial charge in [-0.2, -0.15) is 0 Å². The van der Waals surface area contributed by atoms with Crippen molar-refractivity contribution < 1.29 is 14.3 Å². The molecular weight excluding hydrogens is 348 g/mol.